The van der Waals surface area contributed by atoms with E-state index in [9.17, 15) is 4.79 Å². The van der Waals surface area contributed by atoms with Gasteiger partial charge in [0.15, 0.2) is 8.32 Å². The largest absolute Gasteiger partial charge is 0.475 e. The molecular weight excluding hydrogens is 445 g/mol. The van der Waals surface area contributed by atoms with E-state index in [-0.39, 0.29) is 41.2 Å². The smallest absolute Gasteiger partial charge is 0.460 e. The summed E-state index contributed by atoms with van der Waals surface area (Å²) in [5.41, 5.74) is 6.18. The average molecular weight is 496 g/mol. The minimum absolute atomic E-state index is 0.0524. The van der Waals surface area contributed by atoms with Crippen LogP contribution < -0.4 is 5.73 Å². The molecule has 3 saturated carbocycles. The van der Waals surface area contributed by atoms with E-state index in [0.29, 0.717) is 30.1 Å². The lowest BCUT2D eigenvalue weighted by Gasteiger charge is -2.64. The Balaban J connectivity index is 1.63. The number of ether oxygens (including phenoxy) is 1. The van der Waals surface area contributed by atoms with Crippen LogP contribution in [0.1, 0.15) is 94.4 Å². The molecule has 0 aromatic heterocycles. The van der Waals surface area contributed by atoms with Gasteiger partial charge in [0.05, 0.1) is 24.2 Å². The van der Waals surface area contributed by atoms with Crippen molar-refractivity contribution in [3.8, 4) is 0 Å². The zero-order chi connectivity index (χ0) is 25.9. The molecule has 1 aliphatic heterocycles. The third kappa shape index (κ3) is 5.61. The molecule has 1 saturated heterocycles. The first kappa shape index (κ1) is 28.2. The summed E-state index contributed by atoms with van der Waals surface area (Å²) < 4.78 is 25.2. The van der Waals surface area contributed by atoms with E-state index in [2.05, 4.69) is 54.6 Å². The Hall–Kier alpha value is -0.408. The predicted octanol–water partition coefficient (Wildman–Crippen LogP) is 5.48. The van der Waals surface area contributed by atoms with Gasteiger partial charge >= 0.3 is 13.1 Å². The van der Waals surface area contributed by atoms with Crippen LogP contribution >= 0.6 is 0 Å². The van der Waals surface area contributed by atoms with Crippen molar-refractivity contribution >= 4 is 21.4 Å². The second-order valence-electron chi connectivity index (χ2n) is 14.4. The number of esters is 1. The van der Waals surface area contributed by atoms with Gasteiger partial charge in [0.1, 0.15) is 5.60 Å². The van der Waals surface area contributed by atoms with Gasteiger partial charge in [0.2, 0.25) is 0 Å². The molecule has 2 bridgehead atoms. The molecule has 34 heavy (non-hydrogen) atoms. The molecule has 6 atom stereocenters. The van der Waals surface area contributed by atoms with Gasteiger partial charge < -0.3 is 24.2 Å². The molecule has 8 heteroatoms. The van der Waals surface area contributed by atoms with E-state index in [1.54, 1.807) is 0 Å². The van der Waals surface area contributed by atoms with Crippen LogP contribution in [-0.2, 0) is 23.3 Å². The molecule has 4 fully saturated rings. The van der Waals surface area contributed by atoms with Gasteiger partial charge in [-0.2, -0.15) is 0 Å². The lowest BCUT2D eigenvalue weighted by Crippen LogP contribution is -2.65. The predicted molar refractivity (Wildman–Crippen MR) is 140 cm³/mol. The van der Waals surface area contributed by atoms with Gasteiger partial charge in [-0.3, -0.25) is 4.79 Å². The number of carbonyl (C=O) groups is 1. The highest BCUT2D eigenvalue weighted by molar-refractivity contribution is 6.74. The number of nitrogens with two attached hydrogens (primary N) is 1. The van der Waals surface area contributed by atoms with Crippen molar-refractivity contribution in [3.63, 3.8) is 0 Å². The molecule has 4 aliphatic rings. The molecule has 0 aromatic carbocycles. The Kier molecular flexibility index (Phi) is 7.59. The van der Waals surface area contributed by atoms with Crippen molar-refractivity contribution < 1.29 is 23.3 Å². The van der Waals surface area contributed by atoms with Crippen LogP contribution in [0, 0.1) is 17.3 Å². The second kappa shape index (κ2) is 9.16. The Morgan fingerprint density at radius 2 is 1.74 bits per heavy atom. The van der Waals surface area contributed by atoms with Gasteiger partial charge in [-0.15, -0.1) is 0 Å². The van der Waals surface area contributed by atoms with Gasteiger partial charge in [0, 0.05) is 5.94 Å². The van der Waals surface area contributed by atoms with Crippen LogP contribution in [0.5, 0.6) is 0 Å². The zero-order valence-corrected chi connectivity index (χ0v) is 24.6. The van der Waals surface area contributed by atoms with Crippen molar-refractivity contribution in [2.45, 2.75) is 142 Å². The van der Waals surface area contributed by atoms with Crippen LogP contribution in [0.3, 0.4) is 0 Å². The lowest BCUT2D eigenvalue weighted by atomic mass is 9.43. The maximum absolute atomic E-state index is 12.7. The molecule has 196 valence electrons. The summed E-state index contributed by atoms with van der Waals surface area (Å²) in [6.45, 7) is 23.7. The second-order valence-corrected chi connectivity index (χ2v) is 19.1. The highest BCUT2D eigenvalue weighted by atomic mass is 28.4. The minimum atomic E-state index is -2.07. The Labute approximate surface area is 209 Å². The Morgan fingerprint density at radius 3 is 2.26 bits per heavy atom. The number of hydrogen-bond acceptors (Lipinski definition) is 6. The quantitative estimate of drug-likeness (QED) is 0.355. The number of carbonyl (C=O) groups excluding carboxylic acids is 1. The standard InChI is InChI=1S/C26H50BNO5Si/c1-23(2,3)30-22(29)16-18(32-34(10,11)24(4,5)6)12-13-21(28)27-31-20-15-17-14-19(25(17,7)8)26(20,9)33-27/h17-21H,12-16,28H2,1-11H3. The molecule has 6 unspecified atom stereocenters. The molecule has 2 N–H and O–H groups in total. The highest BCUT2D eigenvalue weighted by Gasteiger charge is 2.68. The Morgan fingerprint density at radius 1 is 1.12 bits per heavy atom. The van der Waals surface area contributed by atoms with E-state index < -0.39 is 21.0 Å². The third-order valence-corrected chi connectivity index (χ3v) is 13.8. The summed E-state index contributed by atoms with van der Waals surface area (Å²) in [6.07, 6.45) is 3.76. The van der Waals surface area contributed by atoms with Crippen LogP contribution in [0.15, 0.2) is 0 Å². The molecule has 4 rings (SSSR count). The molecule has 0 aromatic rings. The fourth-order valence-corrected chi connectivity index (χ4v) is 7.35. The van der Waals surface area contributed by atoms with Gasteiger partial charge in [-0.05, 0) is 88.8 Å². The first-order valence-electron chi connectivity index (χ1n) is 13.2. The first-order chi connectivity index (χ1) is 15.3. The molecular formula is C26H50BNO5Si. The molecule has 0 radical (unpaired) electrons. The zero-order valence-electron chi connectivity index (χ0n) is 23.6. The summed E-state index contributed by atoms with van der Waals surface area (Å²) in [7, 11) is -2.47. The van der Waals surface area contributed by atoms with E-state index in [0.717, 1.165) is 6.42 Å². The molecule has 3 aliphatic carbocycles. The SMILES string of the molecule is CC(C)(C)OC(=O)CC(CCC(N)B1OC2CC3CC(C3(C)C)C2(C)O1)O[Si](C)(C)C(C)(C)C. The third-order valence-electron chi connectivity index (χ3n) is 9.22. The van der Waals surface area contributed by atoms with Crippen LogP contribution in [0.2, 0.25) is 18.1 Å². The maximum atomic E-state index is 12.7. The highest BCUT2D eigenvalue weighted by Crippen LogP contribution is 2.65. The number of hydrogen-bond donors (Lipinski definition) is 1. The van der Waals surface area contributed by atoms with Gasteiger partial charge in [-0.25, -0.2) is 0 Å². The van der Waals surface area contributed by atoms with Crippen LogP contribution in [0.25, 0.3) is 0 Å². The summed E-state index contributed by atoms with van der Waals surface area (Å²) in [4.78, 5) is 12.7. The minimum Gasteiger partial charge on any atom is -0.460 e. The molecule has 0 spiro atoms. The fraction of sp³-hybridized carbons (Fsp3) is 0.962. The molecule has 0 amide bonds. The molecule has 1 heterocycles. The summed E-state index contributed by atoms with van der Waals surface area (Å²) in [6, 6.07) is 0. The van der Waals surface area contributed by atoms with Crippen molar-refractivity contribution in [3.05, 3.63) is 0 Å². The number of rotatable bonds is 8. The van der Waals surface area contributed by atoms with Crippen LogP contribution in [-0.4, -0.2) is 50.8 Å². The normalized spacial score (nSPS) is 32.6. The maximum Gasteiger partial charge on any atom is 0.475 e. The lowest BCUT2D eigenvalue weighted by molar-refractivity contribution is -0.199. The van der Waals surface area contributed by atoms with Crippen molar-refractivity contribution in [1.82, 2.24) is 0 Å². The van der Waals surface area contributed by atoms with E-state index in [4.69, 9.17) is 24.2 Å². The monoisotopic (exact) mass is 495 g/mol. The average Bonchev–Trinajstić information content (AvgIpc) is 3.00. The van der Waals surface area contributed by atoms with E-state index in [1.807, 2.05) is 20.8 Å². The molecule has 6 nitrogen and oxygen atoms in total. The van der Waals surface area contributed by atoms with E-state index >= 15 is 0 Å². The summed E-state index contributed by atoms with van der Waals surface area (Å²) in [5, 5.41) is 0.0524. The van der Waals surface area contributed by atoms with Crippen LogP contribution in [0.4, 0.5) is 0 Å². The van der Waals surface area contributed by atoms with E-state index in [1.165, 1.54) is 6.42 Å². The summed E-state index contributed by atoms with van der Waals surface area (Å²) >= 11 is 0. The van der Waals surface area contributed by atoms with Crippen molar-refractivity contribution in [2.24, 2.45) is 23.0 Å². The first-order valence-corrected chi connectivity index (χ1v) is 16.2. The fourth-order valence-electron chi connectivity index (χ4n) is 5.96. The topological polar surface area (TPSA) is 80.0 Å². The van der Waals surface area contributed by atoms with Crippen molar-refractivity contribution in [2.75, 3.05) is 0 Å². The van der Waals surface area contributed by atoms with Gasteiger partial charge in [0.25, 0.3) is 0 Å². The summed E-state index contributed by atoms with van der Waals surface area (Å²) in [5.74, 6) is 0.749. The Bertz CT molecular complexity index is 761. The van der Waals surface area contributed by atoms with Gasteiger partial charge in [-0.1, -0.05) is 34.6 Å². The van der Waals surface area contributed by atoms with Crippen molar-refractivity contribution in [1.29, 1.82) is 0 Å².